The summed E-state index contributed by atoms with van der Waals surface area (Å²) < 4.78 is 5.61. The molecule has 1 aliphatic heterocycles. The van der Waals surface area contributed by atoms with Crippen molar-refractivity contribution in [3.8, 4) is 0 Å². The van der Waals surface area contributed by atoms with Crippen LogP contribution in [0.3, 0.4) is 0 Å². The van der Waals surface area contributed by atoms with E-state index in [1.807, 2.05) is 48.5 Å². The summed E-state index contributed by atoms with van der Waals surface area (Å²) in [6.07, 6.45) is -0.709. The van der Waals surface area contributed by atoms with Gasteiger partial charge in [-0.25, -0.2) is 9.69 Å². The zero-order valence-electron chi connectivity index (χ0n) is 23.0. The number of halogens is 2. The van der Waals surface area contributed by atoms with Crippen LogP contribution in [0.4, 0.5) is 5.69 Å². The molecule has 1 saturated heterocycles. The SMILES string of the molecule is CC[C@H](OC(=O)c1cccc(N2C(=O)[C@@H]3[C@H](C2=O)C2(Cl)c4ccccc4C3(Cl)c3ccccc32)c1)C(=O)c1ccccc1. The van der Waals surface area contributed by atoms with Crippen LogP contribution in [0.5, 0.6) is 0 Å². The monoisotopic (exact) mass is 609 g/mol. The van der Waals surface area contributed by atoms with Crippen LogP contribution in [0, 0.1) is 11.8 Å². The number of amides is 2. The van der Waals surface area contributed by atoms with Gasteiger partial charge in [0.05, 0.1) is 23.1 Å². The first-order chi connectivity index (χ1) is 20.7. The van der Waals surface area contributed by atoms with Crippen molar-refractivity contribution in [2.75, 3.05) is 4.90 Å². The first-order valence-electron chi connectivity index (χ1n) is 14.1. The third-order valence-electron chi connectivity index (χ3n) is 8.90. The van der Waals surface area contributed by atoms with Crippen LogP contribution in [-0.4, -0.2) is 29.7 Å². The summed E-state index contributed by atoms with van der Waals surface area (Å²) in [5.41, 5.74) is 3.58. The molecule has 4 aromatic rings. The lowest BCUT2D eigenvalue weighted by Crippen LogP contribution is -2.57. The molecular formula is C35H25Cl2NO5. The van der Waals surface area contributed by atoms with Gasteiger partial charge < -0.3 is 4.74 Å². The second-order valence-electron chi connectivity index (χ2n) is 11.1. The van der Waals surface area contributed by atoms with Crippen molar-refractivity contribution in [1.82, 2.24) is 0 Å². The Morgan fingerprint density at radius 3 is 1.67 bits per heavy atom. The van der Waals surface area contributed by atoms with Gasteiger partial charge in [0.15, 0.2) is 6.10 Å². The van der Waals surface area contributed by atoms with E-state index in [2.05, 4.69) is 0 Å². The molecule has 3 aliphatic carbocycles. The van der Waals surface area contributed by atoms with E-state index in [1.54, 1.807) is 49.4 Å². The van der Waals surface area contributed by atoms with E-state index in [9.17, 15) is 19.2 Å². The number of ether oxygens (including phenoxy) is 1. The molecule has 4 aliphatic rings. The zero-order chi connectivity index (χ0) is 30.1. The second kappa shape index (κ2) is 9.90. The van der Waals surface area contributed by atoms with E-state index < -0.39 is 45.5 Å². The molecule has 2 amide bonds. The van der Waals surface area contributed by atoms with Crippen molar-refractivity contribution >= 4 is 52.5 Å². The molecule has 1 heterocycles. The molecule has 1 fully saturated rings. The Labute approximate surface area is 258 Å². The summed E-state index contributed by atoms with van der Waals surface area (Å²) >= 11 is 15.0. The molecule has 8 heteroatoms. The number of carbonyl (C=O) groups is 4. The topological polar surface area (TPSA) is 80.8 Å². The molecule has 0 spiro atoms. The number of anilines is 1. The normalized spacial score (nSPS) is 25.5. The van der Waals surface area contributed by atoms with Crippen LogP contribution < -0.4 is 4.90 Å². The van der Waals surface area contributed by atoms with Crippen molar-refractivity contribution in [1.29, 1.82) is 0 Å². The van der Waals surface area contributed by atoms with Crippen LogP contribution in [0.15, 0.2) is 103 Å². The van der Waals surface area contributed by atoms with Gasteiger partial charge in [-0.15, -0.1) is 23.2 Å². The second-order valence-corrected chi connectivity index (χ2v) is 12.3. The molecule has 4 aromatic carbocycles. The van der Waals surface area contributed by atoms with Gasteiger partial charge >= 0.3 is 5.97 Å². The van der Waals surface area contributed by atoms with E-state index in [0.29, 0.717) is 27.8 Å². The molecule has 214 valence electrons. The molecule has 6 nitrogen and oxygen atoms in total. The fourth-order valence-electron chi connectivity index (χ4n) is 7.00. The Balaban J connectivity index is 1.25. The lowest BCUT2D eigenvalue weighted by molar-refractivity contribution is -0.122. The maximum absolute atomic E-state index is 14.3. The van der Waals surface area contributed by atoms with Crippen LogP contribution in [0.1, 0.15) is 56.3 Å². The fourth-order valence-corrected chi connectivity index (χ4v) is 8.10. The van der Waals surface area contributed by atoms with Gasteiger partial charge in [-0.05, 0) is 46.9 Å². The minimum Gasteiger partial charge on any atom is -0.450 e. The molecule has 0 unspecified atom stereocenters. The number of imide groups is 1. The average molecular weight is 610 g/mol. The first kappa shape index (κ1) is 27.6. The Morgan fingerprint density at radius 2 is 1.19 bits per heavy atom. The Bertz CT molecular complexity index is 1720. The largest absolute Gasteiger partial charge is 0.450 e. The molecule has 8 rings (SSSR count). The van der Waals surface area contributed by atoms with Crippen LogP contribution in [0.2, 0.25) is 0 Å². The molecule has 3 atom stereocenters. The number of hydrogen-bond acceptors (Lipinski definition) is 5. The summed E-state index contributed by atoms with van der Waals surface area (Å²) in [7, 11) is 0. The number of alkyl halides is 2. The highest BCUT2D eigenvalue weighted by Crippen LogP contribution is 2.69. The highest BCUT2D eigenvalue weighted by atomic mass is 35.5. The number of hydrogen-bond donors (Lipinski definition) is 0. The summed E-state index contributed by atoms with van der Waals surface area (Å²) in [5.74, 6) is -3.96. The molecule has 0 aromatic heterocycles. The van der Waals surface area contributed by atoms with E-state index >= 15 is 0 Å². The van der Waals surface area contributed by atoms with Gasteiger partial charge in [0.25, 0.3) is 0 Å². The van der Waals surface area contributed by atoms with E-state index in [1.165, 1.54) is 12.1 Å². The predicted molar refractivity (Wildman–Crippen MR) is 162 cm³/mol. The van der Waals surface area contributed by atoms with Crippen molar-refractivity contribution in [3.63, 3.8) is 0 Å². The van der Waals surface area contributed by atoms with Crippen LogP contribution in [-0.2, 0) is 24.1 Å². The smallest absolute Gasteiger partial charge is 0.338 e. The zero-order valence-corrected chi connectivity index (χ0v) is 24.5. The highest BCUT2D eigenvalue weighted by molar-refractivity contribution is 6.38. The average Bonchev–Trinajstić information content (AvgIpc) is 3.33. The minimum atomic E-state index is -1.31. The number of nitrogens with zero attached hydrogens (tertiary/aromatic N) is 1. The van der Waals surface area contributed by atoms with Crippen molar-refractivity contribution in [3.05, 3.63) is 137 Å². The van der Waals surface area contributed by atoms with Gasteiger partial charge in [0, 0.05) is 5.56 Å². The summed E-state index contributed by atoms with van der Waals surface area (Å²) in [5, 5.41) is 0. The van der Waals surface area contributed by atoms with Gasteiger partial charge in [0.1, 0.15) is 9.75 Å². The maximum atomic E-state index is 14.3. The molecule has 0 N–H and O–H groups in total. The number of carbonyl (C=O) groups excluding carboxylic acids is 4. The van der Waals surface area contributed by atoms with Crippen molar-refractivity contribution < 1.29 is 23.9 Å². The summed E-state index contributed by atoms with van der Waals surface area (Å²) in [6.45, 7) is 1.76. The summed E-state index contributed by atoms with van der Waals surface area (Å²) in [4.78, 5) is 53.2. The number of Topliss-reactive ketones (excluding diaryl/α,β-unsaturated/α-hetero) is 1. The van der Waals surface area contributed by atoms with Gasteiger partial charge in [-0.1, -0.05) is 91.9 Å². The van der Waals surface area contributed by atoms with Crippen molar-refractivity contribution in [2.24, 2.45) is 11.8 Å². The molecule has 2 bridgehead atoms. The molecule has 0 radical (unpaired) electrons. The van der Waals surface area contributed by atoms with Gasteiger partial charge in [-0.2, -0.15) is 0 Å². The quantitative estimate of drug-likeness (QED) is 0.106. The maximum Gasteiger partial charge on any atom is 0.338 e. The lowest BCUT2D eigenvalue weighted by atomic mass is 9.54. The predicted octanol–water partition coefficient (Wildman–Crippen LogP) is 6.60. The van der Waals surface area contributed by atoms with Crippen LogP contribution in [0.25, 0.3) is 0 Å². The highest BCUT2D eigenvalue weighted by Gasteiger charge is 2.73. The minimum absolute atomic E-state index is 0.100. The van der Waals surface area contributed by atoms with E-state index in [-0.39, 0.29) is 23.5 Å². The Morgan fingerprint density at radius 1 is 0.721 bits per heavy atom. The van der Waals surface area contributed by atoms with E-state index in [4.69, 9.17) is 27.9 Å². The van der Waals surface area contributed by atoms with Gasteiger partial charge in [-0.3, -0.25) is 14.4 Å². The summed E-state index contributed by atoms with van der Waals surface area (Å²) in [6, 6.07) is 29.6. The number of benzene rings is 4. The standard InChI is InChI=1S/C35H25Cl2NO5/c1-2-27(30(39)20-11-4-3-5-12-20)43-33(42)21-13-10-14-22(19-21)38-31(40)28-29(32(38)41)35(37)24-16-7-6-15-23(24)34(28,36)25-17-8-9-18-26(25)35/h3-19,27-29H,2H2,1H3/t27-,28-,29+,34?,35?/m0/s1. The number of rotatable bonds is 6. The van der Waals surface area contributed by atoms with Gasteiger partial charge in [0.2, 0.25) is 17.6 Å². The van der Waals surface area contributed by atoms with Crippen LogP contribution >= 0.6 is 23.2 Å². The number of esters is 1. The molecule has 0 saturated carbocycles. The Kier molecular flexibility index (Phi) is 6.35. The molecular weight excluding hydrogens is 585 g/mol. The first-order valence-corrected chi connectivity index (χ1v) is 14.8. The number of ketones is 1. The third-order valence-corrected chi connectivity index (χ3v) is 10.2. The van der Waals surface area contributed by atoms with Crippen molar-refractivity contribution in [2.45, 2.75) is 29.2 Å². The molecule has 43 heavy (non-hydrogen) atoms. The van der Waals surface area contributed by atoms with E-state index in [0.717, 1.165) is 4.90 Å². The Hall–Kier alpha value is -4.26. The fraction of sp³-hybridized carbons (Fsp3) is 0.200. The lowest BCUT2D eigenvalue weighted by Gasteiger charge is -2.54. The third kappa shape index (κ3) is 3.73.